The van der Waals surface area contributed by atoms with Crippen LogP contribution in [-0.4, -0.2) is 51.6 Å². The summed E-state index contributed by atoms with van der Waals surface area (Å²) in [5, 5.41) is 5.87. The van der Waals surface area contributed by atoms with E-state index in [1.54, 1.807) is 13.0 Å². The maximum absolute atomic E-state index is 13.4. The molecule has 0 atom stereocenters. The Balaban J connectivity index is 2.03. The van der Waals surface area contributed by atoms with E-state index in [0.29, 0.717) is 16.3 Å². The Bertz CT molecular complexity index is 1340. The molecule has 2 aromatic heterocycles. The van der Waals surface area contributed by atoms with E-state index in [9.17, 15) is 27.6 Å². The van der Waals surface area contributed by atoms with E-state index in [1.165, 1.54) is 43.4 Å². The molecule has 0 saturated heterocycles. The van der Waals surface area contributed by atoms with Gasteiger partial charge in [0.1, 0.15) is 5.69 Å². The number of halogens is 5. The number of nitrogens with one attached hydrogen (secondary N) is 3. The monoisotopic (exact) mass is 587 g/mol. The largest absolute Gasteiger partial charge is 0.435 e. The van der Waals surface area contributed by atoms with Crippen molar-refractivity contribution in [3.8, 4) is 5.82 Å². The Hall–Kier alpha value is -3.65. The summed E-state index contributed by atoms with van der Waals surface area (Å²) in [4.78, 5) is 42.8. The maximum Gasteiger partial charge on any atom is 0.435 e. The fourth-order valence-corrected chi connectivity index (χ4v) is 3.77. The molecule has 0 fully saturated rings. The van der Waals surface area contributed by atoms with Crippen LogP contribution in [0.1, 0.15) is 32.1 Å². The minimum absolute atomic E-state index is 0.0448. The third-order valence-corrected chi connectivity index (χ3v) is 5.50. The molecule has 0 spiro atoms. The Labute approximate surface area is 215 Å². The fraction of sp³-hybridized carbons (Fsp3) is 0.190. The summed E-state index contributed by atoms with van der Waals surface area (Å²) in [7, 11) is 2.92. The number of carbonyl (C=O) groups excluding carboxylic acids is 3. The summed E-state index contributed by atoms with van der Waals surface area (Å²) >= 11 is 9.33. The van der Waals surface area contributed by atoms with Gasteiger partial charge in [-0.25, -0.2) is 19.9 Å². The molecule has 0 aliphatic carbocycles. The summed E-state index contributed by atoms with van der Waals surface area (Å²) in [6.07, 6.45) is -3.58. The number of alkyl halides is 3. The standard InChI is InChI=1S/C21H18BrClF3N7O3/c1-10-7-11(18(34)29-30-20(36)32(2)3)16(12(22)8-10)28-19(35)14-9-15(21(24,25)26)31-33(14)17-13(23)5-4-6-27-17/h4-9H,1-3H3,(H,28,35)(H,29,34)(H,30,36). The van der Waals surface area contributed by atoms with Crippen LogP contribution in [0, 0.1) is 6.92 Å². The minimum atomic E-state index is -4.86. The number of rotatable bonds is 4. The average Bonchev–Trinajstić information content (AvgIpc) is 3.25. The van der Waals surface area contributed by atoms with E-state index in [-0.39, 0.29) is 26.6 Å². The molecule has 3 aromatic rings. The second kappa shape index (κ2) is 10.5. The van der Waals surface area contributed by atoms with Crippen molar-refractivity contribution >= 4 is 51.1 Å². The van der Waals surface area contributed by atoms with E-state index in [0.717, 1.165) is 0 Å². The first kappa shape index (κ1) is 26.9. The molecular weight excluding hydrogens is 571 g/mol. The molecule has 10 nitrogen and oxygen atoms in total. The third kappa shape index (κ3) is 5.94. The zero-order valence-corrected chi connectivity index (χ0v) is 21.2. The Morgan fingerprint density at radius 3 is 2.42 bits per heavy atom. The van der Waals surface area contributed by atoms with Crippen molar-refractivity contribution in [3.63, 3.8) is 0 Å². The van der Waals surface area contributed by atoms with Gasteiger partial charge < -0.3 is 10.2 Å². The number of nitrogens with zero attached hydrogens (tertiary/aromatic N) is 4. The second-order valence-corrected chi connectivity index (χ2v) is 8.80. The Morgan fingerprint density at radius 1 is 1.11 bits per heavy atom. The van der Waals surface area contributed by atoms with Crippen LogP contribution in [0.4, 0.5) is 23.7 Å². The first-order chi connectivity index (χ1) is 16.8. The molecule has 0 unspecified atom stereocenters. The molecule has 0 bridgehead atoms. The lowest BCUT2D eigenvalue weighted by molar-refractivity contribution is -0.141. The second-order valence-electron chi connectivity index (χ2n) is 7.54. The van der Waals surface area contributed by atoms with Crippen LogP contribution < -0.4 is 16.2 Å². The van der Waals surface area contributed by atoms with Gasteiger partial charge in [0.25, 0.3) is 11.8 Å². The number of hydrogen-bond acceptors (Lipinski definition) is 5. The van der Waals surface area contributed by atoms with Gasteiger partial charge in [-0.15, -0.1) is 0 Å². The van der Waals surface area contributed by atoms with Gasteiger partial charge >= 0.3 is 12.2 Å². The quantitative estimate of drug-likeness (QED) is 0.395. The van der Waals surface area contributed by atoms with Crippen LogP contribution >= 0.6 is 27.5 Å². The van der Waals surface area contributed by atoms with Crippen LogP contribution in [-0.2, 0) is 6.18 Å². The molecule has 190 valence electrons. The van der Waals surface area contributed by atoms with Crippen LogP contribution in [0.5, 0.6) is 0 Å². The van der Waals surface area contributed by atoms with Crippen molar-refractivity contribution in [3.05, 3.63) is 68.5 Å². The van der Waals surface area contributed by atoms with Gasteiger partial charge in [0.2, 0.25) is 0 Å². The van der Waals surface area contributed by atoms with Crippen LogP contribution in [0.3, 0.4) is 0 Å². The summed E-state index contributed by atoms with van der Waals surface area (Å²) in [5.74, 6) is -2.02. The number of pyridine rings is 1. The van der Waals surface area contributed by atoms with Crippen molar-refractivity contribution < 1.29 is 27.6 Å². The topological polar surface area (TPSA) is 121 Å². The summed E-state index contributed by atoms with van der Waals surface area (Å²) in [6.45, 7) is 1.68. The van der Waals surface area contributed by atoms with Gasteiger partial charge in [0, 0.05) is 30.8 Å². The lowest BCUT2D eigenvalue weighted by Gasteiger charge is -2.16. The molecule has 1 aromatic carbocycles. The predicted molar refractivity (Wildman–Crippen MR) is 128 cm³/mol. The number of hydrogen-bond donors (Lipinski definition) is 3. The third-order valence-electron chi connectivity index (χ3n) is 4.58. The lowest BCUT2D eigenvalue weighted by atomic mass is 10.1. The van der Waals surface area contributed by atoms with Gasteiger partial charge in [-0.2, -0.15) is 18.3 Å². The SMILES string of the molecule is Cc1cc(Br)c(NC(=O)c2cc(C(F)(F)F)nn2-c2ncccc2Cl)c(C(=O)NNC(=O)N(C)C)c1. The van der Waals surface area contributed by atoms with Gasteiger partial charge in [-0.3, -0.25) is 15.0 Å². The molecule has 0 aliphatic rings. The summed E-state index contributed by atoms with van der Waals surface area (Å²) < 4.78 is 41.2. The molecule has 15 heteroatoms. The highest BCUT2D eigenvalue weighted by Gasteiger charge is 2.37. The van der Waals surface area contributed by atoms with Gasteiger partial charge in [0.15, 0.2) is 11.5 Å². The van der Waals surface area contributed by atoms with Crippen molar-refractivity contribution in [1.82, 2.24) is 30.5 Å². The van der Waals surface area contributed by atoms with Crippen LogP contribution in [0.15, 0.2) is 41.0 Å². The molecule has 2 heterocycles. The Kier molecular flexibility index (Phi) is 7.89. The highest BCUT2D eigenvalue weighted by molar-refractivity contribution is 9.10. The zero-order chi connectivity index (χ0) is 26.8. The van der Waals surface area contributed by atoms with E-state index >= 15 is 0 Å². The molecular formula is C21H18BrClF3N7O3. The Morgan fingerprint density at radius 2 is 1.81 bits per heavy atom. The fourth-order valence-electron chi connectivity index (χ4n) is 2.89. The number of urea groups is 1. The van der Waals surface area contributed by atoms with Gasteiger partial charge in [-0.05, 0) is 52.7 Å². The number of carbonyl (C=O) groups is 3. The van der Waals surface area contributed by atoms with Gasteiger partial charge in [0.05, 0.1) is 16.3 Å². The molecule has 0 aliphatic heterocycles. The first-order valence-electron chi connectivity index (χ1n) is 9.97. The van der Waals surface area contributed by atoms with Crippen LogP contribution in [0.2, 0.25) is 5.02 Å². The molecule has 36 heavy (non-hydrogen) atoms. The minimum Gasteiger partial charge on any atom is -0.330 e. The van der Waals surface area contributed by atoms with Crippen molar-refractivity contribution in [2.24, 2.45) is 0 Å². The predicted octanol–water partition coefficient (Wildman–Crippen LogP) is 4.18. The molecule has 3 rings (SSSR count). The van der Waals surface area contributed by atoms with E-state index < -0.39 is 35.4 Å². The number of hydrazine groups is 1. The summed E-state index contributed by atoms with van der Waals surface area (Å²) in [5.41, 5.74) is 2.99. The number of aryl methyl sites for hydroxylation is 1. The highest BCUT2D eigenvalue weighted by atomic mass is 79.9. The van der Waals surface area contributed by atoms with E-state index in [2.05, 4.69) is 42.2 Å². The smallest absolute Gasteiger partial charge is 0.330 e. The molecule has 3 N–H and O–H groups in total. The van der Waals surface area contributed by atoms with Crippen molar-refractivity contribution in [2.75, 3.05) is 19.4 Å². The summed E-state index contributed by atoms with van der Waals surface area (Å²) in [6, 6.07) is 5.77. The number of aromatic nitrogens is 3. The number of benzene rings is 1. The van der Waals surface area contributed by atoms with Crippen molar-refractivity contribution in [2.45, 2.75) is 13.1 Å². The van der Waals surface area contributed by atoms with E-state index in [4.69, 9.17) is 11.6 Å². The van der Waals surface area contributed by atoms with Gasteiger partial charge in [-0.1, -0.05) is 11.6 Å². The molecule has 0 radical (unpaired) electrons. The zero-order valence-electron chi connectivity index (χ0n) is 18.9. The lowest BCUT2D eigenvalue weighted by Crippen LogP contribution is -2.46. The number of amides is 4. The highest BCUT2D eigenvalue weighted by Crippen LogP contribution is 2.32. The maximum atomic E-state index is 13.4. The molecule has 4 amide bonds. The van der Waals surface area contributed by atoms with Crippen LogP contribution in [0.25, 0.3) is 5.82 Å². The van der Waals surface area contributed by atoms with Crippen molar-refractivity contribution in [1.29, 1.82) is 0 Å². The number of anilines is 1. The molecule has 0 saturated carbocycles. The average molecular weight is 589 g/mol. The first-order valence-corrected chi connectivity index (χ1v) is 11.1. The normalized spacial score (nSPS) is 11.1. The van der Waals surface area contributed by atoms with E-state index in [1.807, 2.05) is 0 Å².